The number of hydrogen-bond donors (Lipinski definition) is 0. The third-order valence-electron chi connectivity index (χ3n) is 5.61. The van der Waals surface area contributed by atoms with Gasteiger partial charge in [0.15, 0.2) is 0 Å². The van der Waals surface area contributed by atoms with Gasteiger partial charge in [0.2, 0.25) is 0 Å². The predicted molar refractivity (Wildman–Crippen MR) is 115 cm³/mol. The van der Waals surface area contributed by atoms with E-state index in [-0.39, 0.29) is 5.97 Å². The zero-order valence-electron chi connectivity index (χ0n) is 18.3. The van der Waals surface area contributed by atoms with Crippen LogP contribution >= 0.6 is 0 Å². The number of carbonyl (C=O) groups excluding carboxylic acids is 1. The van der Waals surface area contributed by atoms with Gasteiger partial charge in [-0.15, -0.1) is 0 Å². The normalized spacial score (nSPS) is 12.3. The summed E-state index contributed by atoms with van der Waals surface area (Å²) in [6.07, 6.45) is 25.3. The zero-order valence-corrected chi connectivity index (χ0v) is 18.3. The summed E-state index contributed by atoms with van der Waals surface area (Å²) in [5.41, 5.74) is 0. The van der Waals surface area contributed by atoms with Crippen LogP contribution in [-0.4, -0.2) is 13.1 Å². The van der Waals surface area contributed by atoms with E-state index in [1.54, 1.807) is 0 Å². The van der Waals surface area contributed by atoms with Gasteiger partial charge in [-0.05, 0) is 12.3 Å². The van der Waals surface area contributed by atoms with Crippen LogP contribution in [0.2, 0.25) is 0 Å². The molecule has 1 atom stereocenters. The summed E-state index contributed by atoms with van der Waals surface area (Å²) in [7, 11) is 1.47. The first kappa shape index (κ1) is 25.5. The number of hydrogen-bond acceptors (Lipinski definition) is 2. The lowest BCUT2D eigenvalue weighted by Gasteiger charge is -2.11. The summed E-state index contributed by atoms with van der Waals surface area (Å²) in [6.45, 7) is 4.74. The van der Waals surface area contributed by atoms with Crippen LogP contribution in [0.4, 0.5) is 0 Å². The van der Waals surface area contributed by atoms with Crippen molar-refractivity contribution in [2.24, 2.45) is 5.92 Å². The summed E-state index contributed by atoms with van der Waals surface area (Å²) in [5.74, 6) is 0.877. The van der Waals surface area contributed by atoms with Gasteiger partial charge < -0.3 is 4.74 Å². The van der Waals surface area contributed by atoms with E-state index in [1.165, 1.54) is 116 Å². The number of rotatable bonds is 20. The summed E-state index contributed by atoms with van der Waals surface area (Å²) in [5, 5.41) is 0. The second kappa shape index (κ2) is 20.8. The van der Waals surface area contributed by atoms with Gasteiger partial charge >= 0.3 is 5.97 Å². The molecule has 26 heavy (non-hydrogen) atoms. The molecule has 0 amide bonds. The fraction of sp³-hybridized carbons (Fsp3) is 0.958. The molecule has 0 N–H and O–H groups in total. The number of unbranched alkanes of at least 4 members (excludes halogenated alkanes) is 14. The van der Waals surface area contributed by atoms with Crippen molar-refractivity contribution >= 4 is 5.97 Å². The maximum Gasteiger partial charge on any atom is 0.305 e. The van der Waals surface area contributed by atoms with Gasteiger partial charge in [0.05, 0.1) is 7.11 Å². The fourth-order valence-electron chi connectivity index (χ4n) is 3.70. The molecule has 2 heteroatoms. The monoisotopic (exact) mass is 368 g/mol. The molecular formula is C24H48O2. The molecule has 0 aromatic carbocycles. The maximum absolute atomic E-state index is 11.0. The van der Waals surface area contributed by atoms with Gasteiger partial charge in [0.1, 0.15) is 0 Å². The van der Waals surface area contributed by atoms with Crippen molar-refractivity contribution in [1.29, 1.82) is 0 Å². The van der Waals surface area contributed by atoms with E-state index in [9.17, 15) is 4.79 Å². The second-order valence-electron chi connectivity index (χ2n) is 8.31. The van der Waals surface area contributed by atoms with Gasteiger partial charge in [-0.25, -0.2) is 0 Å². The number of carbonyl (C=O) groups is 1. The molecule has 0 aliphatic heterocycles. The van der Waals surface area contributed by atoms with Gasteiger partial charge in [0, 0.05) is 6.42 Å². The van der Waals surface area contributed by atoms with E-state index in [1.807, 2.05) is 0 Å². The van der Waals surface area contributed by atoms with Crippen molar-refractivity contribution in [2.75, 3.05) is 7.11 Å². The predicted octanol–water partition coefficient (Wildman–Crippen LogP) is 8.23. The van der Waals surface area contributed by atoms with E-state index in [0.717, 1.165) is 12.3 Å². The van der Waals surface area contributed by atoms with Crippen LogP contribution in [0.15, 0.2) is 0 Å². The van der Waals surface area contributed by atoms with E-state index in [4.69, 9.17) is 0 Å². The molecule has 0 saturated carbocycles. The van der Waals surface area contributed by atoms with Crippen LogP contribution in [0.1, 0.15) is 136 Å². The average Bonchev–Trinajstić information content (AvgIpc) is 2.65. The molecule has 2 nitrogen and oxygen atoms in total. The Balaban J connectivity index is 3.13. The Labute approximate surface area is 164 Å². The highest BCUT2D eigenvalue weighted by Crippen LogP contribution is 2.18. The Morgan fingerprint density at radius 1 is 0.654 bits per heavy atom. The molecule has 0 aromatic heterocycles. The third kappa shape index (κ3) is 19.8. The molecule has 0 saturated heterocycles. The van der Waals surface area contributed by atoms with Crippen molar-refractivity contribution in [3.05, 3.63) is 0 Å². The van der Waals surface area contributed by atoms with E-state index in [0.29, 0.717) is 6.42 Å². The first-order valence-electron chi connectivity index (χ1n) is 11.8. The largest absolute Gasteiger partial charge is 0.469 e. The van der Waals surface area contributed by atoms with Gasteiger partial charge in [0.25, 0.3) is 0 Å². The maximum atomic E-state index is 11.0. The van der Waals surface area contributed by atoms with Crippen LogP contribution in [-0.2, 0) is 9.53 Å². The molecule has 0 unspecified atom stereocenters. The lowest BCUT2D eigenvalue weighted by Crippen LogP contribution is -1.99. The van der Waals surface area contributed by atoms with E-state index < -0.39 is 0 Å². The highest BCUT2D eigenvalue weighted by molar-refractivity contribution is 5.68. The van der Waals surface area contributed by atoms with Crippen molar-refractivity contribution in [1.82, 2.24) is 0 Å². The molecule has 0 heterocycles. The van der Waals surface area contributed by atoms with Crippen LogP contribution in [0.5, 0.6) is 0 Å². The third-order valence-corrected chi connectivity index (χ3v) is 5.61. The highest BCUT2D eigenvalue weighted by atomic mass is 16.5. The first-order chi connectivity index (χ1) is 12.7. The molecular weight excluding hydrogens is 320 g/mol. The lowest BCUT2D eigenvalue weighted by molar-refractivity contribution is -0.140. The van der Waals surface area contributed by atoms with Crippen LogP contribution in [0.3, 0.4) is 0 Å². The lowest BCUT2D eigenvalue weighted by atomic mass is 9.96. The molecule has 0 radical (unpaired) electrons. The van der Waals surface area contributed by atoms with Crippen molar-refractivity contribution < 1.29 is 9.53 Å². The number of methoxy groups -OCH3 is 1. The Hall–Kier alpha value is -0.530. The quantitative estimate of drug-likeness (QED) is 0.160. The standard InChI is InChI=1S/C24H48O2/c1-4-5-6-14-17-20-23(2)21-18-15-12-10-8-7-9-11-13-16-19-22-24(25)26-3/h23H,4-22H2,1-3H3/t23-/m0/s1. The van der Waals surface area contributed by atoms with Crippen LogP contribution < -0.4 is 0 Å². The highest BCUT2D eigenvalue weighted by Gasteiger charge is 2.02. The summed E-state index contributed by atoms with van der Waals surface area (Å²) in [6, 6.07) is 0. The van der Waals surface area contributed by atoms with E-state index >= 15 is 0 Å². The topological polar surface area (TPSA) is 26.3 Å². The molecule has 0 fully saturated rings. The summed E-state index contributed by atoms with van der Waals surface area (Å²) >= 11 is 0. The van der Waals surface area contributed by atoms with E-state index in [2.05, 4.69) is 18.6 Å². The Kier molecular flexibility index (Phi) is 20.4. The fourth-order valence-corrected chi connectivity index (χ4v) is 3.70. The molecule has 0 bridgehead atoms. The van der Waals surface area contributed by atoms with Crippen molar-refractivity contribution in [3.8, 4) is 0 Å². The average molecular weight is 369 g/mol. The van der Waals surface area contributed by atoms with Gasteiger partial charge in [-0.3, -0.25) is 4.79 Å². The van der Waals surface area contributed by atoms with Crippen LogP contribution in [0.25, 0.3) is 0 Å². The summed E-state index contributed by atoms with van der Waals surface area (Å²) < 4.78 is 4.65. The second-order valence-corrected chi connectivity index (χ2v) is 8.31. The SMILES string of the molecule is CCCCCCC[C@H](C)CCCCCCCCCCCCCC(=O)OC. The Morgan fingerprint density at radius 3 is 1.46 bits per heavy atom. The molecule has 0 aromatic rings. The van der Waals surface area contributed by atoms with Gasteiger partial charge in [-0.2, -0.15) is 0 Å². The minimum Gasteiger partial charge on any atom is -0.469 e. The Morgan fingerprint density at radius 2 is 1.04 bits per heavy atom. The van der Waals surface area contributed by atoms with Crippen molar-refractivity contribution in [3.63, 3.8) is 0 Å². The molecule has 0 aliphatic rings. The summed E-state index contributed by atoms with van der Waals surface area (Å²) in [4.78, 5) is 11.0. The minimum atomic E-state index is -0.0635. The van der Waals surface area contributed by atoms with Crippen molar-refractivity contribution in [2.45, 2.75) is 136 Å². The first-order valence-corrected chi connectivity index (χ1v) is 11.8. The molecule has 0 spiro atoms. The molecule has 156 valence electrons. The Bertz CT molecular complexity index is 288. The molecule has 0 rings (SSSR count). The number of esters is 1. The minimum absolute atomic E-state index is 0.0635. The van der Waals surface area contributed by atoms with Gasteiger partial charge in [-0.1, -0.05) is 123 Å². The smallest absolute Gasteiger partial charge is 0.305 e. The molecule has 0 aliphatic carbocycles. The number of ether oxygens (including phenoxy) is 1. The zero-order chi connectivity index (χ0) is 19.3. The van der Waals surface area contributed by atoms with Crippen LogP contribution in [0, 0.1) is 5.92 Å².